The van der Waals surface area contributed by atoms with Gasteiger partial charge in [-0.05, 0) is 102 Å². The topological polar surface area (TPSA) is 38.7 Å². The predicted octanol–water partition coefficient (Wildman–Crippen LogP) is 15.4. The van der Waals surface area contributed by atoms with E-state index in [1.54, 1.807) is 0 Å². The summed E-state index contributed by atoms with van der Waals surface area (Å²) in [6.07, 6.45) is 0. The summed E-state index contributed by atoms with van der Waals surface area (Å²) in [5.74, 6) is 1.85. The summed E-state index contributed by atoms with van der Waals surface area (Å²) in [7, 11) is 0. The van der Waals surface area contributed by atoms with E-state index in [-0.39, 0.29) is 0 Å². The van der Waals surface area contributed by atoms with E-state index in [0.29, 0.717) is 17.5 Å². The van der Waals surface area contributed by atoms with Crippen molar-refractivity contribution in [3.63, 3.8) is 0 Å². The van der Waals surface area contributed by atoms with Crippen molar-refractivity contribution in [2.45, 2.75) is 5.41 Å². The number of aromatic nitrogens is 3. The van der Waals surface area contributed by atoms with Crippen molar-refractivity contribution in [3.8, 4) is 78.7 Å². The molecule has 11 aromatic rings. The first-order valence-corrected chi connectivity index (χ1v) is 22.2. The zero-order valence-corrected chi connectivity index (χ0v) is 35.5. The van der Waals surface area contributed by atoms with E-state index in [0.717, 1.165) is 44.5 Å². The van der Waals surface area contributed by atoms with Crippen molar-refractivity contribution in [1.29, 1.82) is 0 Å². The molecule has 0 spiro atoms. The van der Waals surface area contributed by atoms with Crippen LogP contribution < -0.4 is 0 Å². The molecule has 0 aliphatic heterocycles. The standard InChI is InChI=1S/C62H41N3/c1-5-20-42(21-6-1)44-25-17-28-48(38-44)59-63-60(49-29-18-26-45(39-49)43-22-7-2-8-23-43)65-61(64-59)50-30-19-27-46(40-50)55-41-47-24-13-14-35-53(47)58-57(55)54-36-15-16-37-56(54)62(58,51-31-9-3-10-32-51)52-33-11-4-12-34-52/h1-41H. The fourth-order valence-corrected chi connectivity index (χ4v) is 10.1. The Morgan fingerprint density at radius 1 is 0.277 bits per heavy atom. The van der Waals surface area contributed by atoms with Gasteiger partial charge in [-0.3, -0.25) is 0 Å². The predicted molar refractivity (Wildman–Crippen MR) is 267 cm³/mol. The van der Waals surface area contributed by atoms with Gasteiger partial charge in [0.1, 0.15) is 0 Å². The van der Waals surface area contributed by atoms with Gasteiger partial charge in [-0.25, -0.2) is 15.0 Å². The molecule has 0 saturated carbocycles. The highest BCUT2D eigenvalue weighted by molar-refractivity contribution is 6.07. The number of hydrogen-bond acceptors (Lipinski definition) is 3. The van der Waals surface area contributed by atoms with Crippen molar-refractivity contribution in [1.82, 2.24) is 15.0 Å². The lowest BCUT2D eigenvalue weighted by atomic mass is 9.66. The van der Waals surface area contributed by atoms with Crippen molar-refractivity contribution >= 4 is 10.8 Å². The van der Waals surface area contributed by atoms with E-state index >= 15 is 0 Å². The zero-order valence-electron chi connectivity index (χ0n) is 35.5. The minimum Gasteiger partial charge on any atom is -0.208 e. The molecule has 0 atom stereocenters. The van der Waals surface area contributed by atoms with Gasteiger partial charge in [-0.1, -0.05) is 224 Å². The fourth-order valence-electron chi connectivity index (χ4n) is 10.1. The molecule has 1 aliphatic carbocycles. The van der Waals surface area contributed by atoms with E-state index in [1.807, 2.05) is 12.1 Å². The Balaban J connectivity index is 1.08. The Labute approximate surface area is 379 Å². The average molecular weight is 828 g/mol. The highest BCUT2D eigenvalue weighted by atomic mass is 15.0. The Kier molecular flexibility index (Phi) is 9.39. The Morgan fingerprint density at radius 3 is 1.22 bits per heavy atom. The maximum atomic E-state index is 5.29. The second kappa shape index (κ2) is 16.0. The van der Waals surface area contributed by atoms with Gasteiger partial charge in [-0.15, -0.1) is 0 Å². The number of benzene rings is 10. The summed E-state index contributed by atoms with van der Waals surface area (Å²) in [6, 6.07) is 89.0. The molecule has 0 saturated heterocycles. The van der Waals surface area contributed by atoms with Crippen LogP contribution in [-0.4, -0.2) is 15.0 Å². The van der Waals surface area contributed by atoms with Gasteiger partial charge in [0.05, 0.1) is 5.41 Å². The first-order chi connectivity index (χ1) is 32.2. The van der Waals surface area contributed by atoms with Gasteiger partial charge in [0.25, 0.3) is 0 Å². The summed E-state index contributed by atoms with van der Waals surface area (Å²) < 4.78 is 0. The largest absolute Gasteiger partial charge is 0.208 e. The van der Waals surface area contributed by atoms with Crippen molar-refractivity contribution in [3.05, 3.63) is 271 Å². The zero-order chi connectivity index (χ0) is 43.2. The van der Waals surface area contributed by atoms with Crippen molar-refractivity contribution in [2.24, 2.45) is 0 Å². The van der Waals surface area contributed by atoms with E-state index < -0.39 is 5.41 Å². The lowest BCUT2D eigenvalue weighted by Crippen LogP contribution is -2.28. The SMILES string of the molecule is c1ccc(-c2cccc(-c3nc(-c4cccc(-c5ccccc5)c4)nc(-c4cccc(-c5cc6ccccc6c6c5-c5ccccc5C6(c5ccccc5)c5ccccc5)c4)n3)c2)cc1. The van der Waals surface area contributed by atoms with Crippen LogP contribution in [0.15, 0.2) is 249 Å². The van der Waals surface area contributed by atoms with Crippen LogP contribution in [0, 0.1) is 0 Å². The van der Waals surface area contributed by atoms with Crippen LogP contribution in [0.4, 0.5) is 0 Å². The number of nitrogens with zero attached hydrogens (tertiary/aromatic N) is 3. The van der Waals surface area contributed by atoms with Gasteiger partial charge in [0, 0.05) is 16.7 Å². The van der Waals surface area contributed by atoms with Crippen LogP contribution in [0.25, 0.3) is 89.4 Å². The molecule has 0 amide bonds. The smallest absolute Gasteiger partial charge is 0.164 e. The van der Waals surface area contributed by atoms with Crippen LogP contribution in [0.3, 0.4) is 0 Å². The third-order valence-corrected chi connectivity index (χ3v) is 13.0. The molecular formula is C62H41N3. The maximum absolute atomic E-state index is 5.29. The molecule has 12 rings (SSSR count). The highest BCUT2D eigenvalue weighted by Crippen LogP contribution is 2.60. The van der Waals surface area contributed by atoms with Crippen LogP contribution in [0.5, 0.6) is 0 Å². The molecule has 65 heavy (non-hydrogen) atoms. The summed E-state index contributed by atoms with van der Waals surface area (Å²) in [6.45, 7) is 0. The lowest BCUT2D eigenvalue weighted by Gasteiger charge is -2.35. The van der Waals surface area contributed by atoms with Crippen LogP contribution in [-0.2, 0) is 5.41 Å². The first kappa shape index (κ1) is 38.2. The number of rotatable bonds is 8. The molecule has 0 bridgehead atoms. The van der Waals surface area contributed by atoms with Crippen LogP contribution in [0.2, 0.25) is 0 Å². The molecule has 10 aromatic carbocycles. The molecule has 3 nitrogen and oxygen atoms in total. The van der Waals surface area contributed by atoms with Crippen molar-refractivity contribution in [2.75, 3.05) is 0 Å². The van der Waals surface area contributed by atoms with Gasteiger partial charge in [0.15, 0.2) is 17.5 Å². The van der Waals surface area contributed by atoms with Crippen molar-refractivity contribution < 1.29 is 0 Å². The van der Waals surface area contributed by atoms with Crippen LogP contribution >= 0.6 is 0 Å². The third kappa shape index (κ3) is 6.56. The summed E-state index contributed by atoms with van der Waals surface area (Å²) in [4.78, 5) is 15.8. The normalized spacial score (nSPS) is 12.4. The quantitative estimate of drug-likeness (QED) is 0.153. The fraction of sp³-hybridized carbons (Fsp3) is 0.0161. The number of hydrogen-bond donors (Lipinski definition) is 0. The van der Waals surface area contributed by atoms with Crippen LogP contribution in [0.1, 0.15) is 22.3 Å². The Bertz CT molecular complexity index is 3390. The molecule has 3 heteroatoms. The Hall–Kier alpha value is -8.53. The molecule has 0 N–H and O–H groups in total. The van der Waals surface area contributed by atoms with Gasteiger partial charge < -0.3 is 0 Å². The minimum absolute atomic E-state index is 0.553. The average Bonchev–Trinajstić information content (AvgIpc) is 3.72. The third-order valence-electron chi connectivity index (χ3n) is 13.0. The van der Waals surface area contributed by atoms with Gasteiger partial charge in [-0.2, -0.15) is 0 Å². The first-order valence-electron chi connectivity index (χ1n) is 22.2. The van der Waals surface area contributed by atoms with E-state index in [2.05, 4.69) is 237 Å². The summed E-state index contributed by atoms with van der Waals surface area (Å²) >= 11 is 0. The molecule has 0 unspecified atom stereocenters. The molecule has 1 heterocycles. The molecule has 0 radical (unpaired) electrons. The monoisotopic (exact) mass is 827 g/mol. The number of fused-ring (bicyclic) bond motifs is 5. The van der Waals surface area contributed by atoms with E-state index in [9.17, 15) is 0 Å². The second-order valence-electron chi connectivity index (χ2n) is 16.7. The summed E-state index contributed by atoms with van der Waals surface area (Å²) in [5, 5.41) is 2.44. The molecule has 1 aromatic heterocycles. The minimum atomic E-state index is -0.553. The molecular weight excluding hydrogens is 787 g/mol. The molecule has 1 aliphatic rings. The second-order valence-corrected chi connectivity index (χ2v) is 16.7. The Morgan fingerprint density at radius 2 is 0.677 bits per heavy atom. The van der Waals surface area contributed by atoms with E-state index in [4.69, 9.17) is 15.0 Å². The van der Waals surface area contributed by atoms with E-state index in [1.165, 1.54) is 49.7 Å². The lowest BCUT2D eigenvalue weighted by molar-refractivity contribution is 0.775. The molecule has 0 fully saturated rings. The molecule has 304 valence electrons. The van der Waals surface area contributed by atoms with Gasteiger partial charge >= 0.3 is 0 Å². The maximum Gasteiger partial charge on any atom is 0.164 e. The van der Waals surface area contributed by atoms with Gasteiger partial charge in [0.2, 0.25) is 0 Å². The summed E-state index contributed by atoms with van der Waals surface area (Å²) in [5.41, 5.74) is 16.5. The highest BCUT2D eigenvalue weighted by Gasteiger charge is 2.48.